The van der Waals surface area contributed by atoms with Gasteiger partial charge in [-0.1, -0.05) is 0 Å². The molecule has 5 heteroatoms. The molecule has 1 saturated heterocycles. The second-order valence-corrected chi connectivity index (χ2v) is 3.72. The second kappa shape index (κ2) is 4.61. The molecule has 1 heterocycles. The van der Waals surface area contributed by atoms with Gasteiger partial charge in [0.05, 0.1) is 19.3 Å². The zero-order valence-electron chi connectivity index (χ0n) is 8.75. The lowest BCUT2D eigenvalue weighted by atomic mass is 9.99. The van der Waals surface area contributed by atoms with Crippen LogP contribution >= 0.6 is 0 Å². The number of β-amino-alcohol motifs (C(OH)–C–C–N with tert-alkyl or cyclic N) is 1. The van der Waals surface area contributed by atoms with Crippen molar-refractivity contribution < 1.29 is 14.6 Å². The van der Waals surface area contributed by atoms with Crippen molar-refractivity contribution in [2.45, 2.75) is 18.4 Å². The fourth-order valence-corrected chi connectivity index (χ4v) is 1.70. The molecule has 1 rings (SSSR count). The molecule has 1 atom stereocenters. The Hall–Kier alpha value is -0.810. The van der Waals surface area contributed by atoms with Gasteiger partial charge in [0.2, 0.25) is 0 Å². The number of carbonyl (C=O) groups is 1. The Kier molecular flexibility index (Phi) is 3.71. The molecule has 0 aromatic carbocycles. The van der Waals surface area contributed by atoms with E-state index in [-0.39, 0.29) is 6.09 Å². The lowest BCUT2D eigenvalue weighted by molar-refractivity contribution is 0.0398. The molecule has 1 unspecified atom stereocenters. The van der Waals surface area contributed by atoms with Crippen molar-refractivity contribution in [3.63, 3.8) is 0 Å². The molecule has 0 aromatic rings. The Balaban J connectivity index is 2.42. The number of methoxy groups -OCH3 is 1. The summed E-state index contributed by atoms with van der Waals surface area (Å²) < 4.78 is 4.59. The number of hydrogen-bond donors (Lipinski definition) is 2. The summed E-state index contributed by atoms with van der Waals surface area (Å²) in [5, 5.41) is 13.0. The lowest BCUT2D eigenvalue weighted by Crippen LogP contribution is -2.37. The highest BCUT2D eigenvalue weighted by Gasteiger charge is 2.37. The second-order valence-electron chi connectivity index (χ2n) is 3.72. The molecule has 0 spiro atoms. The third-order valence-corrected chi connectivity index (χ3v) is 2.61. The number of carbonyl (C=O) groups excluding carboxylic acids is 1. The highest BCUT2D eigenvalue weighted by molar-refractivity contribution is 5.67. The number of aliphatic hydroxyl groups is 1. The SMILES string of the molecule is CNCCC1(O)CCN(C(=O)OC)C1. The van der Waals surface area contributed by atoms with Gasteiger partial charge >= 0.3 is 6.09 Å². The molecule has 14 heavy (non-hydrogen) atoms. The van der Waals surface area contributed by atoms with Gasteiger partial charge in [0.15, 0.2) is 0 Å². The van der Waals surface area contributed by atoms with E-state index in [1.54, 1.807) is 0 Å². The van der Waals surface area contributed by atoms with Crippen LogP contribution in [-0.2, 0) is 4.74 Å². The number of likely N-dealkylation sites (tertiary alicyclic amines) is 1. The van der Waals surface area contributed by atoms with Crippen LogP contribution < -0.4 is 5.32 Å². The first-order chi connectivity index (χ1) is 6.61. The first-order valence-corrected chi connectivity index (χ1v) is 4.81. The molecule has 1 aliphatic heterocycles. The highest BCUT2D eigenvalue weighted by atomic mass is 16.5. The summed E-state index contributed by atoms with van der Waals surface area (Å²) in [6.45, 7) is 1.71. The van der Waals surface area contributed by atoms with Crippen LogP contribution in [0.25, 0.3) is 0 Å². The predicted octanol–water partition coefficient (Wildman–Crippen LogP) is -0.201. The normalized spacial score (nSPS) is 26.6. The van der Waals surface area contributed by atoms with Gasteiger partial charge in [-0.2, -0.15) is 0 Å². The number of nitrogens with one attached hydrogen (secondary N) is 1. The van der Waals surface area contributed by atoms with Crippen LogP contribution in [0.15, 0.2) is 0 Å². The molecular weight excluding hydrogens is 184 g/mol. The molecule has 0 aliphatic carbocycles. The van der Waals surface area contributed by atoms with E-state index >= 15 is 0 Å². The molecule has 0 radical (unpaired) electrons. The van der Waals surface area contributed by atoms with E-state index in [1.165, 1.54) is 12.0 Å². The molecular formula is C9H18N2O3. The van der Waals surface area contributed by atoms with E-state index in [2.05, 4.69) is 10.1 Å². The van der Waals surface area contributed by atoms with Crippen molar-refractivity contribution in [1.29, 1.82) is 0 Å². The van der Waals surface area contributed by atoms with E-state index in [0.717, 1.165) is 6.54 Å². The first kappa shape index (κ1) is 11.3. The minimum atomic E-state index is -0.739. The average molecular weight is 202 g/mol. The summed E-state index contributed by atoms with van der Waals surface area (Å²) >= 11 is 0. The Morgan fingerprint density at radius 2 is 2.43 bits per heavy atom. The molecule has 1 aliphatic rings. The number of rotatable bonds is 3. The molecule has 1 fully saturated rings. The van der Waals surface area contributed by atoms with Crippen molar-refractivity contribution in [3.8, 4) is 0 Å². The average Bonchev–Trinajstić information content (AvgIpc) is 2.57. The van der Waals surface area contributed by atoms with Crippen molar-refractivity contribution in [1.82, 2.24) is 10.2 Å². The Morgan fingerprint density at radius 3 is 3.00 bits per heavy atom. The molecule has 0 saturated carbocycles. The standard InChI is InChI=1S/C9H18N2O3/c1-10-5-3-9(13)4-6-11(7-9)8(12)14-2/h10,13H,3-7H2,1-2H3. The van der Waals surface area contributed by atoms with Crippen LogP contribution in [0.1, 0.15) is 12.8 Å². The Labute approximate surface area is 84.0 Å². The maximum atomic E-state index is 11.2. The zero-order chi connectivity index (χ0) is 10.6. The summed E-state index contributed by atoms with van der Waals surface area (Å²) in [6, 6.07) is 0. The van der Waals surface area contributed by atoms with E-state index in [4.69, 9.17) is 0 Å². The lowest BCUT2D eigenvalue weighted by Gasteiger charge is -2.22. The topological polar surface area (TPSA) is 61.8 Å². The largest absolute Gasteiger partial charge is 0.453 e. The Morgan fingerprint density at radius 1 is 1.71 bits per heavy atom. The summed E-state index contributed by atoms with van der Waals surface area (Å²) in [4.78, 5) is 12.7. The maximum Gasteiger partial charge on any atom is 0.409 e. The number of amides is 1. The van der Waals surface area contributed by atoms with Gasteiger partial charge in [-0.05, 0) is 26.4 Å². The van der Waals surface area contributed by atoms with Gasteiger partial charge in [-0.25, -0.2) is 4.79 Å². The van der Waals surface area contributed by atoms with Crippen molar-refractivity contribution in [2.75, 3.05) is 33.8 Å². The summed E-state index contributed by atoms with van der Waals surface area (Å²) in [6.07, 6.45) is 0.936. The van der Waals surface area contributed by atoms with Gasteiger partial charge < -0.3 is 20.1 Å². The van der Waals surface area contributed by atoms with Gasteiger partial charge in [0.25, 0.3) is 0 Å². The fourth-order valence-electron chi connectivity index (χ4n) is 1.70. The number of nitrogens with zero attached hydrogens (tertiary/aromatic N) is 1. The van der Waals surface area contributed by atoms with Gasteiger partial charge in [0.1, 0.15) is 0 Å². The van der Waals surface area contributed by atoms with E-state index in [9.17, 15) is 9.90 Å². The van der Waals surface area contributed by atoms with E-state index < -0.39 is 5.60 Å². The third kappa shape index (κ3) is 2.59. The van der Waals surface area contributed by atoms with E-state index in [0.29, 0.717) is 25.9 Å². The maximum absolute atomic E-state index is 11.2. The summed E-state index contributed by atoms with van der Waals surface area (Å²) in [7, 11) is 3.20. The highest BCUT2D eigenvalue weighted by Crippen LogP contribution is 2.24. The van der Waals surface area contributed by atoms with Crippen molar-refractivity contribution >= 4 is 6.09 Å². The molecule has 82 valence electrons. The van der Waals surface area contributed by atoms with Crippen molar-refractivity contribution in [3.05, 3.63) is 0 Å². The molecule has 0 aromatic heterocycles. The van der Waals surface area contributed by atoms with Crippen LogP contribution in [0.5, 0.6) is 0 Å². The fraction of sp³-hybridized carbons (Fsp3) is 0.889. The number of hydrogen-bond acceptors (Lipinski definition) is 4. The molecule has 0 bridgehead atoms. The third-order valence-electron chi connectivity index (χ3n) is 2.61. The first-order valence-electron chi connectivity index (χ1n) is 4.81. The quantitative estimate of drug-likeness (QED) is 0.665. The van der Waals surface area contributed by atoms with Crippen LogP contribution in [0.4, 0.5) is 4.79 Å². The number of ether oxygens (including phenoxy) is 1. The van der Waals surface area contributed by atoms with Crippen LogP contribution in [0, 0.1) is 0 Å². The zero-order valence-corrected chi connectivity index (χ0v) is 8.75. The van der Waals surface area contributed by atoms with Gasteiger partial charge in [-0.3, -0.25) is 0 Å². The van der Waals surface area contributed by atoms with Crippen molar-refractivity contribution in [2.24, 2.45) is 0 Å². The molecule has 1 amide bonds. The van der Waals surface area contributed by atoms with E-state index in [1.807, 2.05) is 7.05 Å². The summed E-state index contributed by atoms with van der Waals surface area (Å²) in [5.74, 6) is 0. The minimum absolute atomic E-state index is 0.356. The molecule has 2 N–H and O–H groups in total. The van der Waals surface area contributed by atoms with Crippen LogP contribution in [-0.4, -0.2) is 55.5 Å². The van der Waals surface area contributed by atoms with Gasteiger partial charge in [0, 0.05) is 6.54 Å². The molecule has 5 nitrogen and oxygen atoms in total. The van der Waals surface area contributed by atoms with Gasteiger partial charge in [-0.15, -0.1) is 0 Å². The predicted molar refractivity (Wildman–Crippen MR) is 52.1 cm³/mol. The minimum Gasteiger partial charge on any atom is -0.453 e. The Bertz CT molecular complexity index is 210. The van der Waals surface area contributed by atoms with Crippen LogP contribution in [0.3, 0.4) is 0 Å². The van der Waals surface area contributed by atoms with Crippen LogP contribution in [0.2, 0.25) is 0 Å². The smallest absolute Gasteiger partial charge is 0.409 e. The summed E-state index contributed by atoms with van der Waals surface area (Å²) in [5.41, 5.74) is -0.739. The monoisotopic (exact) mass is 202 g/mol.